The van der Waals surface area contributed by atoms with Crippen molar-refractivity contribution in [1.29, 1.82) is 0 Å². The minimum Gasteiger partial charge on any atom is -0.387 e. The monoisotopic (exact) mass is 274 g/mol. The first-order chi connectivity index (χ1) is 6.63. The van der Waals surface area contributed by atoms with E-state index in [4.69, 9.17) is 17.3 Å². The SMILES string of the molecule is CCCC(N)=Nc1cc(Br)ccc1Cl. The van der Waals surface area contributed by atoms with Crippen molar-refractivity contribution in [3.05, 3.63) is 27.7 Å². The van der Waals surface area contributed by atoms with E-state index in [1.807, 2.05) is 12.1 Å². The van der Waals surface area contributed by atoms with Crippen molar-refractivity contribution < 1.29 is 0 Å². The van der Waals surface area contributed by atoms with Gasteiger partial charge in [0.15, 0.2) is 0 Å². The fraction of sp³-hybridized carbons (Fsp3) is 0.300. The van der Waals surface area contributed by atoms with Crippen LogP contribution < -0.4 is 5.73 Å². The van der Waals surface area contributed by atoms with Crippen LogP contribution in [0, 0.1) is 0 Å². The summed E-state index contributed by atoms with van der Waals surface area (Å²) in [7, 11) is 0. The Labute approximate surface area is 97.3 Å². The van der Waals surface area contributed by atoms with Gasteiger partial charge in [0.05, 0.1) is 16.5 Å². The summed E-state index contributed by atoms with van der Waals surface area (Å²) in [6.07, 6.45) is 1.78. The van der Waals surface area contributed by atoms with Crippen LogP contribution in [0.15, 0.2) is 27.7 Å². The Bertz CT molecular complexity index is 350. The molecule has 0 aromatic heterocycles. The van der Waals surface area contributed by atoms with Crippen LogP contribution in [-0.4, -0.2) is 5.84 Å². The second-order valence-electron chi connectivity index (χ2n) is 2.95. The van der Waals surface area contributed by atoms with Crippen molar-refractivity contribution in [3.8, 4) is 0 Å². The van der Waals surface area contributed by atoms with Crippen molar-refractivity contribution >= 4 is 39.1 Å². The number of benzene rings is 1. The van der Waals surface area contributed by atoms with E-state index in [-0.39, 0.29) is 0 Å². The number of hydrogen-bond donors (Lipinski definition) is 1. The van der Waals surface area contributed by atoms with Crippen molar-refractivity contribution in [2.75, 3.05) is 0 Å². The molecule has 0 saturated heterocycles. The van der Waals surface area contributed by atoms with Crippen LogP contribution in [-0.2, 0) is 0 Å². The molecule has 4 heteroatoms. The topological polar surface area (TPSA) is 38.4 Å². The van der Waals surface area contributed by atoms with Gasteiger partial charge < -0.3 is 5.73 Å². The zero-order valence-corrected chi connectivity index (χ0v) is 10.3. The third kappa shape index (κ3) is 3.31. The first-order valence-electron chi connectivity index (χ1n) is 4.41. The molecule has 0 unspecified atom stereocenters. The molecule has 0 fully saturated rings. The Kier molecular flexibility index (Phi) is 4.42. The number of nitrogens with zero attached hydrogens (tertiary/aromatic N) is 1. The Hall–Kier alpha value is -0.540. The Morgan fingerprint density at radius 3 is 2.93 bits per heavy atom. The van der Waals surface area contributed by atoms with Crippen LogP contribution in [0.4, 0.5) is 5.69 Å². The summed E-state index contributed by atoms with van der Waals surface area (Å²) in [5.74, 6) is 0.618. The molecule has 0 spiro atoms. The van der Waals surface area contributed by atoms with E-state index in [0.717, 1.165) is 17.3 Å². The Morgan fingerprint density at radius 2 is 2.29 bits per heavy atom. The molecule has 0 radical (unpaired) electrons. The van der Waals surface area contributed by atoms with Gasteiger partial charge in [-0.15, -0.1) is 0 Å². The van der Waals surface area contributed by atoms with Crippen LogP contribution in [0.25, 0.3) is 0 Å². The molecule has 0 aliphatic rings. The molecule has 2 nitrogen and oxygen atoms in total. The molecule has 2 N–H and O–H groups in total. The van der Waals surface area contributed by atoms with Gasteiger partial charge in [0.25, 0.3) is 0 Å². The number of nitrogens with two attached hydrogens (primary N) is 1. The van der Waals surface area contributed by atoms with E-state index in [0.29, 0.717) is 16.5 Å². The Balaban J connectivity index is 2.95. The van der Waals surface area contributed by atoms with Gasteiger partial charge in [0, 0.05) is 10.9 Å². The van der Waals surface area contributed by atoms with Gasteiger partial charge in [0.1, 0.15) is 0 Å². The quantitative estimate of drug-likeness (QED) is 0.659. The molecular weight excluding hydrogens is 263 g/mol. The van der Waals surface area contributed by atoms with Crippen molar-refractivity contribution in [2.24, 2.45) is 10.7 Å². The van der Waals surface area contributed by atoms with Gasteiger partial charge in [-0.1, -0.05) is 34.5 Å². The summed E-state index contributed by atoms with van der Waals surface area (Å²) in [5, 5.41) is 0.618. The molecule has 0 amide bonds. The molecule has 0 aliphatic heterocycles. The lowest BCUT2D eigenvalue weighted by Gasteiger charge is -2.01. The van der Waals surface area contributed by atoms with Crippen molar-refractivity contribution in [3.63, 3.8) is 0 Å². The fourth-order valence-corrected chi connectivity index (χ4v) is 1.55. The standard InChI is InChI=1S/C10H12BrClN2/c1-2-3-10(13)14-9-6-7(11)4-5-8(9)12/h4-6H,2-3H2,1H3,(H2,13,14). The highest BCUT2D eigenvalue weighted by atomic mass is 79.9. The number of amidine groups is 1. The average Bonchev–Trinajstić information content (AvgIpc) is 2.12. The van der Waals surface area contributed by atoms with Crippen LogP contribution in [0.5, 0.6) is 0 Å². The van der Waals surface area contributed by atoms with Gasteiger partial charge in [-0.3, -0.25) is 0 Å². The predicted octanol–water partition coefficient (Wildman–Crippen LogP) is 3.89. The summed E-state index contributed by atoms with van der Waals surface area (Å²) >= 11 is 9.31. The molecule has 1 rings (SSSR count). The number of hydrogen-bond acceptors (Lipinski definition) is 1. The van der Waals surface area contributed by atoms with E-state index in [2.05, 4.69) is 27.8 Å². The van der Waals surface area contributed by atoms with Gasteiger partial charge in [-0.25, -0.2) is 4.99 Å². The minimum atomic E-state index is 0.618. The lowest BCUT2D eigenvalue weighted by molar-refractivity contribution is 0.983. The summed E-state index contributed by atoms with van der Waals surface area (Å²) in [6.45, 7) is 2.06. The van der Waals surface area contributed by atoms with Gasteiger partial charge >= 0.3 is 0 Å². The van der Waals surface area contributed by atoms with E-state index in [1.54, 1.807) is 6.07 Å². The third-order valence-electron chi connectivity index (χ3n) is 1.68. The largest absolute Gasteiger partial charge is 0.387 e. The summed E-state index contributed by atoms with van der Waals surface area (Å²) in [5.41, 5.74) is 6.43. The highest BCUT2D eigenvalue weighted by Gasteiger charge is 2.00. The number of halogens is 2. The summed E-state index contributed by atoms with van der Waals surface area (Å²) in [6, 6.07) is 5.52. The van der Waals surface area contributed by atoms with Crippen LogP contribution in [0.1, 0.15) is 19.8 Å². The van der Waals surface area contributed by atoms with Gasteiger partial charge in [-0.2, -0.15) is 0 Å². The summed E-state index contributed by atoms with van der Waals surface area (Å²) in [4.78, 5) is 4.24. The van der Waals surface area contributed by atoms with Gasteiger partial charge in [-0.05, 0) is 24.6 Å². The lowest BCUT2D eigenvalue weighted by Crippen LogP contribution is -2.09. The second-order valence-corrected chi connectivity index (χ2v) is 4.27. The molecule has 0 atom stereocenters. The maximum absolute atomic E-state index is 5.96. The van der Waals surface area contributed by atoms with Crippen LogP contribution >= 0.6 is 27.5 Å². The highest BCUT2D eigenvalue weighted by Crippen LogP contribution is 2.28. The Morgan fingerprint density at radius 1 is 1.57 bits per heavy atom. The van der Waals surface area contributed by atoms with Crippen LogP contribution in [0.3, 0.4) is 0 Å². The van der Waals surface area contributed by atoms with E-state index >= 15 is 0 Å². The summed E-state index contributed by atoms with van der Waals surface area (Å²) < 4.78 is 0.949. The number of rotatable bonds is 3. The van der Waals surface area contributed by atoms with E-state index in [1.165, 1.54) is 0 Å². The normalized spacial score (nSPS) is 11.8. The third-order valence-corrected chi connectivity index (χ3v) is 2.49. The first-order valence-corrected chi connectivity index (χ1v) is 5.58. The molecule has 0 aliphatic carbocycles. The predicted molar refractivity (Wildman–Crippen MR) is 65.3 cm³/mol. The maximum Gasteiger partial charge on any atom is 0.0996 e. The first kappa shape index (κ1) is 11.5. The zero-order valence-electron chi connectivity index (χ0n) is 7.93. The smallest absolute Gasteiger partial charge is 0.0996 e. The fourth-order valence-electron chi connectivity index (χ4n) is 1.04. The van der Waals surface area contributed by atoms with E-state index in [9.17, 15) is 0 Å². The molecule has 14 heavy (non-hydrogen) atoms. The van der Waals surface area contributed by atoms with Crippen molar-refractivity contribution in [2.45, 2.75) is 19.8 Å². The number of aliphatic imine (C=N–C) groups is 1. The molecule has 1 aromatic carbocycles. The maximum atomic E-state index is 5.96. The van der Waals surface area contributed by atoms with E-state index < -0.39 is 0 Å². The average molecular weight is 276 g/mol. The zero-order chi connectivity index (χ0) is 10.6. The molecule has 76 valence electrons. The minimum absolute atomic E-state index is 0.618. The lowest BCUT2D eigenvalue weighted by atomic mass is 10.3. The van der Waals surface area contributed by atoms with Gasteiger partial charge in [0.2, 0.25) is 0 Å². The molecule has 0 heterocycles. The van der Waals surface area contributed by atoms with Crippen LogP contribution in [0.2, 0.25) is 5.02 Å². The highest BCUT2D eigenvalue weighted by molar-refractivity contribution is 9.10. The van der Waals surface area contributed by atoms with Crippen molar-refractivity contribution in [1.82, 2.24) is 0 Å². The second kappa shape index (κ2) is 5.37. The molecule has 1 aromatic rings. The molecule has 0 bridgehead atoms. The molecule has 0 saturated carbocycles. The molecular formula is C10H12BrClN2.